The molecule has 0 saturated heterocycles. The number of hydrogen-bond acceptors (Lipinski definition) is 5. The predicted molar refractivity (Wildman–Crippen MR) is 108 cm³/mol. The number of nitro benzene ring substituents is 1. The second-order valence-corrected chi connectivity index (χ2v) is 6.74. The Hall–Kier alpha value is -4.00. The standard InChI is InChI=1S/C23H16FNO5/c1-14-20(29-13-15-6-8-17(9-7-15)25(27)28)11-10-18-22(26)21(30-23(14)18)12-16-4-2-3-5-19(16)24/h2-12H,13H2,1H3/b21-12-. The zero-order valence-electron chi connectivity index (χ0n) is 15.9. The first-order valence-electron chi connectivity index (χ1n) is 9.12. The van der Waals surface area contributed by atoms with Crippen molar-refractivity contribution in [1.29, 1.82) is 0 Å². The van der Waals surface area contributed by atoms with E-state index in [2.05, 4.69) is 0 Å². The van der Waals surface area contributed by atoms with Crippen LogP contribution in [0.15, 0.2) is 66.4 Å². The van der Waals surface area contributed by atoms with Crippen LogP contribution in [0.5, 0.6) is 11.5 Å². The summed E-state index contributed by atoms with van der Waals surface area (Å²) >= 11 is 0. The van der Waals surface area contributed by atoms with Gasteiger partial charge in [-0.2, -0.15) is 0 Å². The molecule has 0 atom stereocenters. The van der Waals surface area contributed by atoms with Crippen LogP contribution in [0.25, 0.3) is 6.08 Å². The van der Waals surface area contributed by atoms with E-state index < -0.39 is 10.7 Å². The third kappa shape index (κ3) is 3.65. The van der Waals surface area contributed by atoms with Crippen molar-refractivity contribution in [3.63, 3.8) is 0 Å². The van der Waals surface area contributed by atoms with Gasteiger partial charge in [0.2, 0.25) is 5.78 Å². The van der Waals surface area contributed by atoms with Crippen LogP contribution in [-0.4, -0.2) is 10.7 Å². The van der Waals surface area contributed by atoms with Crippen LogP contribution in [0.1, 0.15) is 27.0 Å². The van der Waals surface area contributed by atoms with Crippen molar-refractivity contribution < 1.29 is 23.6 Å². The van der Waals surface area contributed by atoms with Gasteiger partial charge in [0, 0.05) is 23.3 Å². The SMILES string of the molecule is Cc1c(OCc2ccc([N+](=O)[O-])cc2)ccc2c1O/C(=C\c1ccccc1F)C2=O. The zero-order chi connectivity index (χ0) is 21.3. The lowest BCUT2D eigenvalue weighted by molar-refractivity contribution is -0.384. The summed E-state index contributed by atoms with van der Waals surface area (Å²) in [5.41, 5.74) is 2.06. The Morgan fingerprint density at radius 3 is 2.53 bits per heavy atom. The van der Waals surface area contributed by atoms with Crippen molar-refractivity contribution in [3.8, 4) is 11.5 Å². The van der Waals surface area contributed by atoms with Gasteiger partial charge in [-0.1, -0.05) is 18.2 Å². The number of carbonyl (C=O) groups excluding carboxylic acids is 1. The average Bonchev–Trinajstić information content (AvgIpc) is 3.06. The van der Waals surface area contributed by atoms with Gasteiger partial charge in [-0.05, 0) is 48.9 Å². The molecule has 0 unspecified atom stereocenters. The van der Waals surface area contributed by atoms with Crippen molar-refractivity contribution in [1.82, 2.24) is 0 Å². The number of allylic oxidation sites excluding steroid dienone is 1. The number of benzene rings is 3. The number of carbonyl (C=O) groups is 1. The maximum atomic E-state index is 13.9. The molecule has 1 aliphatic rings. The molecule has 0 N–H and O–H groups in total. The number of ether oxygens (including phenoxy) is 2. The van der Waals surface area contributed by atoms with Crippen molar-refractivity contribution in [2.75, 3.05) is 0 Å². The number of halogens is 1. The molecule has 0 amide bonds. The third-order valence-electron chi connectivity index (χ3n) is 4.77. The Labute approximate surface area is 171 Å². The number of Topliss-reactive ketones (excluding diaryl/α,β-unsaturated/α-hetero) is 1. The van der Waals surface area contributed by atoms with Crippen molar-refractivity contribution in [2.45, 2.75) is 13.5 Å². The van der Waals surface area contributed by atoms with Crippen LogP contribution in [0.2, 0.25) is 0 Å². The van der Waals surface area contributed by atoms with Crippen molar-refractivity contribution >= 4 is 17.5 Å². The fourth-order valence-corrected chi connectivity index (χ4v) is 3.13. The summed E-state index contributed by atoms with van der Waals surface area (Å²) < 4.78 is 25.5. The highest BCUT2D eigenvalue weighted by Gasteiger charge is 2.30. The molecule has 4 rings (SSSR count). The lowest BCUT2D eigenvalue weighted by Gasteiger charge is -2.11. The Morgan fingerprint density at radius 2 is 1.83 bits per heavy atom. The molecule has 150 valence electrons. The minimum absolute atomic E-state index is 0.00791. The Morgan fingerprint density at radius 1 is 1.10 bits per heavy atom. The number of ketones is 1. The second-order valence-electron chi connectivity index (χ2n) is 6.74. The molecule has 0 radical (unpaired) electrons. The predicted octanol–water partition coefficient (Wildman–Crippen LogP) is 5.24. The Balaban J connectivity index is 1.54. The quantitative estimate of drug-likeness (QED) is 0.330. The molecular weight excluding hydrogens is 389 g/mol. The molecule has 0 spiro atoms. The summed E-state index contributed by atoms with van der Waals surface area (Å²) in [6, 6.07) is 15.5. The maximum Gasteiger partial charge on any atom is 0.269 e. The summed E-state index contributed by atoms with van der Waals surface area (Å²) in [4.78, 5) is 22.9. The van der Waals surface area contributed by atoms with E-state index >= 15 is 0 Å². The van der Waals surface area contributed by atoms with Crippen LogP contribution in [-0.2, 0) is 6.61 Å². The van der Waals surface area contributed by atoms with Gasteiger partial charge in [-0.15, -0.1) is 0 Å². The fourth-order valence-electron chi connectivity index (χ4n) is 3.13. The van der Waals surface area contributed by atoms with E-state index in [1.54, 1.807) is 49.4 Å². The molecule has 0 bridgehead atoms. The van der Waals surface area contributed by atoms with E-state index in [1.807, 2.05) is 0 Å². The van der Waals surface area contributed by atoms with Crippen molar-refractivity contribution in [2.24, 2.45) is 0 Å². The van der Waals surface area contributed by atoms with Gasteiger partial charge in [0.05, 0.1) is 10.5 Å². The normalized spacial score (nSPS) is 13.8. The molecule has 0 saturated carbocycles. The molecule has 0 aliphatic carbocycles. The van der Waals surface area contributed by atoms with Crippen LogP contribution in [0.3, 0.4) is 0 Å². The molecule has 0 fully saturated rings. The van der Waals surface area contributed by atoms with E-state index in [4.69, 9.17) is 9.47 Å². The molecule has 30 heavy (non-hydrogen) atoms. The number of rotatable bonds is 5. The van der Waals surface area contributed by atoms with Gasteiger partial charge in [-0.25, -0.2) is 4.39 Å². The summed E-state index contributed by atoms with van der Waals surface area (Å²) in [7, 11) is 0. The molecule has 1 aliphatic heterocycles. The summed E-state index contributed by atoms with van der Waals surface area (Å²) in [5.74, 6) is 0.182. The molecular formula is C23H16FNO5. The topological polar surface area (TPSA) is 78.7 Å². The first-order valence-corrected chi connectivity index (χ1v) is 9.12. The largest absolute Gasteiger partial charge is 0.488 e. The summed E-state index contributed by atoms with van der Waals surface area (Å²) in [6.45, 7) is 1.97. The molecule has 3 aromatic rings. The maximum absolute atomic E-state index is 13.9. The first-order chi connectivity index (χ1) is 14.4. The summed E-state index contributed by atoms with van der Waals surface area (Å²) in [5, 5.41) is 10.7. The molecule has 7 heteroatoms. The number of hydrogen-bond donors (Lipinski definition) is 0. The minimum atomic E-state index is -0.462. The fraction of sp³-hybridized carbons (Fsp3) is 0.0870. The van der Waals surface area contributed by atoms with Crippen LogP contribution >= 0.6 is 0 Å². The zero-order valence-corrected chi connectivity index (χ0v) is 15.9. The van der Waals surface area contributed by atoms with E-state index in [0.717, 1.165) is 5.56 Å². The second kappa shape index (κ2) is 7.79. The number of nitrogens with zero attached hydrogens (tertiary/aromatic N) is 1. The first kappa shape index (κ1) is 19.3. The molecule has 3 aromatic carbocycles. The van der Waals surface area contributed by atoms with Gasteiger partial charge in [0.15, 0.2) is 5.76 Å². The number of fused-ring (bicyclic) bond motifs is 1. The molecule has 1 heterocycles. The highest BCUT2D eigenvalue weighted by molar-refractivity contribution is 6.15. The Kier molecular flexibility index (Phi) is 5.02. The van der Waals surface area contributed by atoms with E-state index in [-0.39, 0.29) is 29.4 Å². The number of non-ortho nitro benzene ring substituents is 1. The molecule has 6 nitrogen and oxygen atoms in total. The van der Waals surface area contributed by atoms with E-state index in [1.165, 1.54) is 24.3 Å². The van der Waals surface area contributed by atoms with E-state index in [0.29, 0.717) is 22.6 Å². The van der Waals surface area contributed by atoms with Gasteiger partial charge in [0.25, 0.3) is 5.69 Å². The third-order valence-corrected chi connectivity index (χ3v) is 4.77. The van der Waals surface area contributed by atoms with Crippen LogP contribution < -0.4 is 9.47 Å². The van der Waals surface area contributed by atoms with Crippen molar-refractivity contribution in [3.05, 3.63) is 105 Å². The van der Waals surface area contributed by atoms with Crippen LogP contribution in [0.4, 0.5) is 10.1 Å². The van der Waals surface area contributed by atoms with E-state index in [9.17, 15) is 19.3 Å². The lowest BCUT2D eigenvalue weighted by Crippen LogP contribution is -1.99. The molecule has 0 aromatic heterocycles. The average molecular weight is 405 g/mol. The Bertz CT molecular complexity index is 1180. The van der Waals surface area contributed by atoms with Gasteiger partial charge >= 0.3 is 0 Å². The highest BCUT2D eigenvalue weighted by atomic mass is 19.1. The van der Waals surface area contributed by atoms with Crippen LogP contribution in [0, 0.1) is 22.9 Å². The van der Waals surface area contributed by atoms with Gasteiger partial charge in [0.1, 0.15) is 23.9 Å². The van der Waals surface area contributed by atoms with Gasteiger partial charge in [-0.3, -0.25) is 14.9 Å². The smallest absolute Gasteiger partial charge is 0.269 e. The monoisotopic (exact) mass is 405 g/mol. The lowest BCUT2D eigenvalue weighted by atomic mass is 10.1. The summed E-state index contributed by atoms with van der Waals surface area (Å²) in [6.07, 6.45) is 1.38. The highest BCUT2D eigenvalue weighted by Crippen LogP contribution is 2.39. The number of nitro groups is 1. The van der Waals surface area contributed by atoms with Gasteiger partial charge < -0.3 is 9.47 Å². The minimum Gasteiger partial charge on any atom is -0.488 e.